The summed E-state index contributed by atoms with van der Waals surface area (Å²) in [5.41, 5.74) is 3.28. The number of piperidine rings is 1. The molecule has 5 rings (SSSR count). The molecule has 1 saturated heterocycles. The highest BCUT2D eigenvalue weighted by Gasteiger charge is 2.61. The summed E-state index contributed by atoms with van der Waals surface area (Å²) in [7, 11) is 7.44. The molecule has 0 bridgehead atoms. The Hall–Kier alpha value is -3.03. The molecule has 1 saturated carbocycles. The van der Waals surface area contributed by atoms with E-state index in [-0.39, 0.29) is 35.6 Å². The zero-order valence-corrected chi connectivity index (χ0v) is 18.7. The van der Waals surface area contributed by atoms with Crippen molar-refractivity contribution in [2.24, 2.45) is 5.41 Å². The first-order valence-electron chi connectivity index (χ1n) is 10.8. The average molecular weight is 425 g/mol. The molecular formula is C22H23B2N6O2. The quantitative estimate of drug-likeness (QED) is 0.458. The van der Waals surface area contributed by atoms with E-state index in [1.165, 1.54) is 6.92 Å². The zero-order chi connectivity index (χ0) is 22.8. The van der Waals surface area contributed by atoms with Gasteiger partial charge in [-0.25, -0.2) is 9.97 Å². The SMILES string of the molecule is [B][B][C@@H]1C[C@@]2(C)C[C@H]2N1C(=O)Cn1nc(C(C)=O)c2cc(-c3cnc(C)nc3)nc(C)c21. The van der Waals surface area contributed by atoms with Crippen LogP contribution in [0.25, 0.3) is 22.2 Å². The highest BCUT2D eigenvalue weighted by molar-refractivity contribution is 6.90. The van der Waals surface area contributed by atoms with E-state index in [0.717, 1.165) is 18.4 Å². The molecule has 0 spiro atoms. The number of hydrogen-bond acceptors (Lipinski definition) is 6. The maximum absolute atomic E-state index is 13.3. The van der Waals surface area contributed by atoms with Gasteiger partial charge in [-0.2, -0.15) is 5.10 Å². The number of pyridine rings is 1. The van der Waals surface area contributed by atoms with Crippen molar-refractivity contribution in [3.63, 3.8) is 0 Å². The van der Waals surface area contributed by atoms with Crippen LogP contribution in [0.3, 0.4) is 0 Å². The van der Waals surface area contributed by atoms with E-state index in [2.05, 4.69) is 22.0 Å². The molecule has 10 heteroatoms. The third kappa shape index (κ3) is 3.24. The van der Waals surface area contributed by atoms with Gasteiger partial charge in [0.25, 0.3) is 0 Å². The Morgan fingerprint density at radius 1 is 1.25 bits per heavy atom. The fourth-order valence-corrected chi connectivity index (χ4v) is 5.02. The summed E-state index contributed by atoms with van der Waals surface area (Å²) in [4.78, 5) is 40.7. The van der Waals surface area contributed by atoms with Crippen LogP contribution in [-0.2, 0) is 11.3 Å². The molecule has 0 unspecified atom stereocenters. The number of aryl methyl sites for hydroxylation is 2. The maximum atomic E-state index is 13.3. The fraction of sp³-hybridized carbons (Fsp3) is 0.455. The Bertz CT molecular complexity index is 1260. The number of carbonyl (C=O) groups excluding carboxylic acids is 2. The summed E-state index contributed by atoms with van der Waals surface area (Å²) in [5, 5.41) is 5.20. The Kier molecular flexibility index (Phi) is 4.72. The number of nitrogens with zero attached hydrogens (tertiary/aromatic N) is 6. The summed E-state index contributed by atoms with van der Waals surface area (Å²) in [5.74, 6) is 0.400. The van der Waals surface area contributed by atoms with Gasteiger partial charge >= 0.3 is 0 Å². The van der Waals surface area contributed by atoms with E-state index in [0.29, 0.717) is 33.8 Å². The minimum Gasteiger partial charge on any atom is -0.344 e. The molecule has 8 nitrogen and oxygen atoms in total. The largest absolute Gasteiger partial charge is 0.344 e. The van der Waals surface area contributed by atoms with Crippen LogP contribution in [0.15, 0.2) is 18.5 Å². The van der Waals surface area contributed by atoms with E-state index < -0.39 is 0 Å². The first-order valence-corrected chi connectivity index (χ1v) is 10.8. The highest BCUT2D eigenvalue weighted by Crippen LogP contribution is 2.58. The normalized spacial score (nSPS) is 23.9. The van der Waals surface area contributed by atoms with Crippen molar-refractivity contribution in [2.45, 2.75) is 59.1 Å². The lowest BCUT2D eigenvalue weighted by atomic mass is 9.49. The Balaban J connectivity index is 1.55. The summed E-state index contributed by atoms with van der Waals surface area (Å²) in [6.07, 6.45) is 5.31. The van der Waals surface area contributed by atoms with Gasteiger partial charge in [0.1, 0.15) is 18.1 Å². The molecule has 2 aliphatic rings. The van der Waals surface area contributed by atoms with Crippen LogP contribution in [0, 0.1) is 19.3 Å². The van der Waals surface area contributed by atoms with Crippen LogP contribution in [-0.4, -0.2) is 68.2 Å². The van der Waals surface area contributed by atoms with Crippen molar-refractivity contribution >= 4 is 37.5 Å². The second-order valence-corrected chi connectivity index (χ2v) is 9.21. The molecular weight excluding hydrogens is 402 g/mol. The monoisotopic (exact) mass is 425 g/mol. The van der Waals surface area contributed by atoms with Crippen molar-refractivity contribution < 1.29 is 9.59 Å². The van der Waals surface area contributed by atoms with Crippen molar-refractivity contribution in [3.05, 3.63) is 35.7 Å². The average Bonchev–Trinajstić information content (AvgIpc) is 3.11. The number of aromatic nitrogens is 5. The number of amides is 1. The van der Waals surface area contributed by atoms with Gasteiger partial charge in [-0.05, 0) is 44.1 Å². The zero-order valence-electron chi connectivity index (χ0n) is 18.7. The topological polar surface area (TPSA) is 93.9 Å². The predicted molar refractivity (Wildman–Crippen MR) is 121 cm³/mol. The van der Waals surface area contributed by atoms with Crippen molar-refractivity contribution in [2.75, 3.05) is 0 Å². The number of fused-ring (bicyclic) bond motifs is 2. The Labute approximate surface area is 188 Å². The van der Waals surface area contributed by atoms with Gasteiger partial charge in [-0.3, -0.25) is 19.3 Å². The fourth-order valence-electron chi connectivity index (χ4n) is 5.02. The third-order valence-corrected chi connectivity index (χ3v) is 6.78. The van der Waals surface area contributed by atoms with E-state index in [9.17, 15) is 9.59 Å². The summed E-state index contributed by atoms with van der Waals surface area (Å²) in [6.45, 7) is 7.39. The summed E-state index contributed by atoms with van der Waals surface area (Å²) < 4.78 is 1.61. The third-order valence-electron chi connectivity index (χ3n) is 6.78. The highest BCUT2D eigenvalue weighted by atomic mass is 16.2. The Morgan fingerprint density at radius 3 is 2.62 bits per heavy atom. The molecule has 3 aromatic rings. The van der Waals surface area contributed by atoms with Gasteiger partial charge in [0.15, 0.2) is 5.78 Å². The lowest BCUT2D eigenvalue weighted by Crippen LogP contribution is -2.43. The second kappa shape index (κ2) is 7.25. The summed E-state index contributed by atoms with van der Waals surface area (Å²) in [6, 6.07) is 2.05. The minimum absolute atomic E-state index is 0.0379. The smallest absolute Gasteiger partial charge is 0.244 e. The standard InChI is InChI=1S/C22H23B2N6O2/c1-11-21-15(5-16(27-11)14-8-25-13(3)26-9-14)20(12(2)31)28-29(21)10-19(32)30-17-6-22(17,4)7-18(30)24-23/h5,8-9,17-18H,6-7,10H2,1-4H3/t17-,18+,22-/m1/s1. The van der Waals surface area contributed by atoms with Gasteiger partial charge < -0.3 is 4.90 Å². The molecule has 159 valence electrons. The molecule has 0 aromatic carbocycles. The second-order valence-electron chi connectivity index (χ2n) is 9.21. The Morgan fingerprint density at radius 2 is 1.97 bits per heavy atom. The molecule has 1 aliphatic heterocycles. The molecule has 1 aliphatic carbocycles. The van der Waals surface area contributed by atoms with E-state index in [4.69, 9.17) is 12.7 Å². The van der Waals surface area contributed by atoms with Crippen LogP contribution in [0.2, 0.25) is 0 Å². The van der Waals surface area contributed by atoms with Crippen LogP contribution in [0.5, 0.6) is 0 Å². The van der Waals surface area contributed by atoms with Crippen LogP contribution >= 0.6 is 0 Å². The van der Waals surface area contributed by atoms with Gasteiger partial charge in [-0.15, -0.1) is 0 Å². The van der Waals surface area contributed by atoms with Gasteiger partial charge in [0, 0.05) is 44.0 Å². The maximum Gasteiger partial charge on any atom is 0.244 e. The number of carbonyl (C=O) groups is 2. The molecule has 32 heavy (non-hydrogen) atoms. The molecule has 1 amide bonds. The lowest BCUT2D eigenvalue weighted by Gasteiger charge is -2.27. The first kappa shape index (κ1) is 20.8. The molecule has 2 fully saturated rings. The van der Waals surface area contributed by atoms with Crippen LogP contribution in [0.4, 0.5) is 0 Å². The number of Topliss-reactive ketones (excluding diaryl/α,β-unsaturated/α-hetero) is 1. The summed E-state index contributed by atoms with van der Waals surface area (Å²) >= 11 is 0. The van der Waals surface area contributed by atoms with Crippen molar-refractivity contribution in [1.82, 2.24) is 29.6 Å². The minimum atomic E-state index is -0.165. The van der Waals surface area contributed by atoms with E-state index in [1.807, 2.05) is 24.8 Å². The van der Waals surface area contributed by atoms with E-state index >= 15 is 0 Å². The molecule has 3 atom stereocenters. The van der Waals surface area contributed by atoms with Crippen LogP contribution < -0.4 is 0 Å². The molecule has 3 aromatic heterocycles. The molecule has 0 N–H and O–H groups in total. The van der Waals surface area contributed by atoms with E-state index in [1.54, 1.807) is 24.2 Å². The number of hydrogen-bond donors (Lipinski definition) is 0. The first-order chi connectivity index (χ1) is 15.2. The van der Waals surface area contributed by atoms with Crippen molar-refractivity contribution in [3.8, 4) is 11.3 Å². The van der Waals surface area contributed by atoms with Gasteiger partial charge in [-0.1, -0.05) is 6.92 Å². The van der Waals surface area contributed by atoms with Crippen molar-refractivity contribution in [1.29, 1.82) is 0 Å². The van der Waals surface area contributed by atoms with Gasteiger partial charge in [0.2, 0.25) is 5.91 Å². The molecule has 4 heterocycles. The lowest BCUT2D eigenvalue weighted by molar-refractivity contribution is -0.132. The van der Waals surface area contributed by atoms with Gasteiger partial charge in [0.05, 0.1) is 24.1 Å². The van der Waals surface area contributed by atoms with Crippen LogP contribution in [0.1, 0.15) is 48.7 Å². The predicted octanol–water partition coefficient (Wildman–Crippen LogP) is 1.83. The number of rotatable bonds is 5. The number of ketones is 1. The molecule has 3 radical (unpaired) electrons. The number of likely N-dealkylation sites (tertiary alicyclic amines) is 1.